The summed E-state index contributed by atoms with van der Waals surface area (Å²) in [5, 5.41) is 8.57. The van der Waals surface area contributed by atoms with Crippen molar-refractivity contribution in [2.45, 2.75) is 30.5 Å². The lowest BCUT2D eigenvalue weighted by Crippen LogP contribution is -2.10. The van der Waals surface area contributed by atoms with Gasteiger partial charge in [-0.3, -0.25) is 9.59 Å². The molecular weight excluding hydrogens is 382 g/mol. The fourth-order valence-corrected chi connectivity index (χ4v) is 3.75. The largest absolute Gasteiger partial charge is 0.480 e. The lowest BCUT2D eigenvalue weighted by Gasteiger charge is -2.07. The van der Waals surface area contributed by atoms with Gasteiger partial charge in [0.1, 0.15) is 5.25 Å². The first kappa shape index (κ1) is 20.7. The van der Waals surface area contributed by atoms with Gasteiger partial charge >= 0.3 is 5.97 Å². The average Bonchev–Trinajstić information content (AvgIpc) is 3.17. The SMILES string of the molecule is Cc1ccc(C(=O)c2cccn2C/C=C/c2cccc(SC(C)C(=O)O)c2)cc1. The third-order valence-electron chi connectivity index (χ3n) is 4.51. The normalized spacial score (nSPS) is 12.2. The van der Waals surface area contributed by atoms with E-state index >= 15 is 0 Å². The fourth-order valence-electron chi connectivity index (χ4n) is 2.88. The first-order valence-electron chi connectivity index (χ1n) is 9.36. The quantitative estimate of drug-likeness (QED) is 0.408. The van der Waals surface area contributed by atoms with Gasteiger partial charge in [0.25, 0.3) is 0 Å². The molecule has 0 fully saturated rings. The molecule has 0 aliphatic heterocycles. The maximum atomic E-state index is 12.8. The van der Waals surface area contributed by atoms with Crippen LogP contribution >= 0.6 is 11.8 Å². The number of nitrogens with zero attached hydrogens (tertiary/aromatic N) is 1. The van der Waals surface area contributed by atoms with E-state index in [2.05, 4.69) is 0 Å². The lowest BCUT2D eigenvalue weighted by atomic mass is 10.1. The summed E-state index contributed by atoms with van der Waals surface area (Å²) in [5.74, 6) is -0.821. The Labute approximate surface area is 174 Å². The van der Waals surface area contributed by atoms with E-state index in [0.29, 0.717) is 17.8 Å². The molecule has 4 nitrogen and oxygen atoms in total. The van der Waals surface area contributed by atoms with E-state index in [9.17, 15) is 9.59 Å². The van der Waals surface area contributed by atoms with Crippen LogP contribution in [0.5, 0.6) is 0 Å². The van der Waals surface area contributed by atoms with E-state index < -0.39 is 11.2 Å². The molecule has 3 rings (SSSR count). The number of thioether (sulfide) groups is 1. The monoisotopic (exact) mass is 405 g/mol. The second-order valence-electron chi connectivity index (χ2n) is 6.81. The van der Waals surface area contributed by atoms with Gasteiger partial charge in [0.2, 0.25) is 5.78 Å². The topological polar surface area (TPSA) is 59.3 Å². The molecule has 1 atom stereocenters. The fraction of sp³-hybridized carbons (Fsp3) is 0.167. The van der Waals surface area contributed by atoms with Gasteiger partial charge in [-0.25, -0.2) is 0 Å². The van der Waals surface area contributed by atoms with E-state index in [1.807, 2.05) is 90.5 Å². The van der Waals surface area contributed by atoms with Crippen LogP contribution < -0.4 is 0 Å². The van der Waals surface area contributed by atoms with E-state index in [1.54, 1.807) is 6.92 Å². The number of benzene rings is 2. The molecule has 1 heterocycles. The number of aromatic nitrogens is 1. The highest BCUT2D eigenvalue weighted by Gasteiger charge is 2.13. The summed E-state index contributed by atoms with van der Waals surface area (Å²) < 4.78 is 1.92. The van der Waals surface area contributed by atoms with Gasteiger partial charge in [-0.05, 0) is 43.7 Å². The zero-order valence-electron chi connectivity index (χ0n) is 16.4. The number of aryl methyl sites for hydroxylation is 1. The number of hydrogen-bond donors (Lipinski definition) is 1. The Morgan fingerprint density at radius 3 is 2.59 bits per heavy atom. The van der Waals surface area contributed by atoms with Crippen molar-refractivity contribution in [3.63, 3.8) is 0 Å². The van der Waals surface area contributed by atoms with Crippen LogP contribution in [-0.4, -0.2) is 26.7 Å². The van der Waals surface area contributed by atoms with Crippen LogP contribution in [0, 0.1) is 6.92 Å². The highest BCUT2D eigenvalue weighted by atomic mass is 32.2. The Balaban J connectivity index is 1.69. The number of rotatable bonds is 8. The number of ketones is 1. The Kier molecular flexibility index (Phi) is 6.73. The molecule has 0 spiro atoms. The first-order valence-corrected chi connectivity index (χ1v) is 10.2. The van der Waals surface area contributed by atoms with Crippen molar-refractivity contribution >= 4 is 29.6 Å². The van der Waals surface area contributed by atoms with Crippen LogP contribution in [0.1, 0.15) is 34.1 Å². The van der Waals surface area contributed by atoms with Gasteiger partial charge in [0.15, 0.2) is 0 Å². The Bertz CT molecular complexity index is 1030. The molecule has 0 amide bonds. The van der Waals surface area contributed by atoms with Crippen molar-refractivity contribution in [3.05, 3.63) is 95.3 Å². The van der Waals surface area contributed by atoms with E-state index in [1.165, 1.54) is 11.8 Å². The maximum absolute atomic E-state index is 12.8. The molecule has 0 aliphatic carbocycles. The Morgan fingerprint density at radius 1 is 1.10 bits per heavy atom. The van der Waals surface area contributed by atoms with Gasteiger partial charge in [-0.1, -0.05) is 54.1 Å². The number of hydrogen-bond acceptors (Lipinski definition) is 3. The summed E-state index contributed by atoms with van der Waals surface area (Å²) in [6.07, 6.45) is 5.87. The molecular formula is C24H23NO3S. The molecule has 0 aliphatic rings. The van der Waals surface area contributed by atoms with Crippen molar-refractivity contribution in [2.75, 3.05) is 0 Å². The van der Waals surface area contributed by atoms with Crippen molar-refractivity contribution < 1.29 is 14.7 Å². The van der Waals surface area contributed by atoms with E-state index in [0.717, 1.165) is 16.0 Å². The minimum Gasteiger partial charge on any atom is -0.480 e. The minimum atomic E-state index is -0.825. The van der Waals surface area contributed by atoms with Crippen LogP contribution in [0.4, 0.5) is 0 Å². The molecule has 0 saturated carbocycles. The number of carbonyl (C=O) groups excluding carboxylic acids is 1. The third-order valence-corrected chi connectivity index (χ3v) is 5.59. The van der Waals surface area contributed by atoms with Crippen LogP contribution in [0.15, 0.2) is 77.8 Å². The standard InChI is InChI=1S/C24H23NO3S/c1-17-10-12-20(13-11-17)23(26)22-9-5-15-25(22)14-4-7-19-6-3-8-21(16-19)29-18(2)24(27)28/h3-13,15-16,18H,14H2,1-2H3,(H,27,28)/b7-4+. The molecule has 1 aromatic heterocycles. The molecule has 2 aromatic carbocycles. The van der Waals surface area contributed by atoms with Crippen molar-refractivity contribution in [3.8, 4) is 0 Å². The molecule has 0 saturated heterocycles. The second-order valence-corrected chi connectivity index (χ2v) is 8.23. The zero-order valence-corrected chi connectivity index (χ0v) is 17.2. The van der Waals surface area contributed by atoms with Gasteiger partial charge in [-0.15, -0.1) is 11.8 Å². The van der Waals surface area contributed by atoms with Gasteiger partial charge in [0.05, 0.1) is 5.69 Å². The lowest BCUT2D eigenvalue weighted by molar-refractivity contribution is -0.136. The molecule has 29 heavy (non-hydrogen) atoms. The number of carbonyl (C=O) groups is 2. The maximum Gasteiger partial charge on any atom is 0.316 e. The summed E-state index contributed by atoms with van der Waals surface area (Å²) in [6, 6.07) is 19.1. The van der Waals surface area contributed by atoms with Crippen LogP contribution in [0.2, 0.25) is 0 Å². The predicted octanol–water partition coefficient (Wildman–Crippen LogP) is 5.31. The molecule has 0 bridgehead atoms. The molecule has 3 aromatic rings. The second kappa shape index (κ2) is 9.43. The van der Waals surface area contributed by atoms with Gasteiger partial charge in [-0.2, -0.15) is 0 Å². The molecule has 1 N–H and O–H groups in total. The molecule has 148 valence electrons. The van der Waals surface area contributed by atoms with Crippen molar-refractivity contribution in [1.29, 1.82) is 0 Å². The number of allylic oxidation sites excluding steroid dienone is 1. The predicted molar refractivity (Wildman–Crippen MR) is 117 cm³/mol. The molecule has 0 radical (unpaired) electrons. The van der Waals surface area contributed by atoms with Crippen LogP contribution in [-0.2, 0) is 11.3 Å². The summed E-state index contributed by atoms with van der Waals surface area (Å²) in [7, 11) is 0. The van der Waals surface area contributed by atoms with Crippen molar-refractivity contribution in [1.82, 2.24) is 4.57 Å². The summed E-state index contributed by atoms with van der Waals surface area (Å²) >= 11 is 1.32. The van der Waals surface area contributed by atoms with Crippen LogP contribution in [0.3, 0.4) is 0 Å². The van der Waals surface area contributed by atoms with E-state index in [-0.39, 0.29) is 5.78 Å². The summed E-state index contributed by atoms with van der Waals surface area (Å²) in [5.41, 5.74) is 3.44. The smallest absolute Gasteiger partial charge is 0.316 e. The first-order chi connectivity index (χ1) is 13.9. The zero-order chi connectivity index (χ0) is 20.8. The van der Waals surface area contributed by atoms with Gasteiger partial charge in [0, 0.05) is 23.2 Å². The van der Waals surface area contributed by atoms with E-state index in [4.69, 9.17) is 5.11 Å². The molecule has 5 heteroatoms. The van der Waals surface area contributed by atoms with Crippen LogP contribution in [0.25, 0.3) is 6.08 Å². The average molecular weight is 406 g/mol. The van der Waals surface area contributed by atoms with Gasteiger partial charge < -0.3 is 9.67 Å². The minimum absolute atomic E-state index is 0.00413. The number of carboxylic acids is 1. The number of aliphatic carboxylic acids is 1. The summed E-state index contributed by atoms with van der Waals surface area (Å²) in [4.78, 5) is 24.7. The summed E-state index contributed by atoms with van der Waals surface area (Å²) in [6.45, 7) is 4.24. The number of carboxylic acid groups (broad SMARTS) is 1. The van der Waals surface area contributed by atoms with Crippen molar-refractivity contribution in [2.24, 2.45) is 0 Å². The highest BCUT2D eigenvalue weighted by molar-refractivity contribution is 8.00. The Hall–Kier alpha value is -3.05. The highest BCUT2D eigenvalue weighted by Crippen LogP contribution is 2.24. The third kappa shape index (κ3) is 5.48. The molecule has 1 unspecified atom stereocenters. The Morgan fingerprint density at radius 2 is 1.86 bits per heavy atom.